The number of pyridine rings is 2. The summed E-state index contributed by atoms with van der Waals surface area (Å²) in [6, 6.07) is 22.6. The number of fused-ring (bicyclic) bond motifs is 4. The van der Waals surface area contributed by atoms with Gasteiger partial charge in [-0.05, 0) is 88.6 Å². The number of H-pyrrole nitrogens is 1. The molecule has 0 bridgehead atoms. The lowest BCUT2D eigenvalue weighted by atomic mass is 9.73. The van der Waals surface area contributed by atoms with Gasteiger partial charge in [-0.1, -0.05) is 29.8 Å². The maximum absolute atomic E-state index is 15.7. The lowest BCUT2D eigenvalue weighted by Crippen LogP contribution is -2.59. The van der Waals surface area contributed by atoms with Crippen molar-refractivity contribution in [1.29, 1.82) is 0 Å². The van der Waals surface area contributed by atoms with Crippen LogP contribution in [-0.4, -0.2) is 64.5 Å². The molecular weight excluding hydrogens is 676 g/mol. The number of benzene rings is 2. The third kappa shape index (κ3) is 6.28. The van der Waals surface area contributed by atoms with E-state index in [0.717, 1.165) is 77.7 Å². The van der Waals surface area contributed by atoms with Crippen LogP contribution in [0.3, 0.4) is 0 Å². The molecule has 0 saturated carbocycles. The van der Waals surface area contributed by atoms with Crippen LogP contribution in [0, 0.1) is 25.1 Å². The molecule has 1 spiro atoms. The lowest BCUT2D eigenvalue weighted by molar-refractivity contribution is -0.000520. The van der Waals surface area contributed by atoms with E-state index >= 15 is 4.39 Å². The summed E-state index contributed by atoms with van der Waals surface area (Å²) in [4.78, 5) is 47.2. The van der Waals surface area contributed by atoms with Gasteiger partial charge in [-0.15, -0.1) is 11.3 Å². The van der Waals surface area contributed by atoms with Crippen molar-refractivity contribution < 1.29 is 18.7 Å². The number of aromatic nitrogens is 4. The Hall–Kier alpha value is -5.26. The number of nitrogens with zero attached hydrogens (tertiary/aromatic N) is 5. The van der Waals surface area contributed by atoms with Crippen molar-refractivity contribution >= 4 is 45.6 Å². The molecule has 3 aliphatic heterocycles. The van der Waals surface area contributed by atoms with Gasteiger partial charge in [-0.2, -0.15) is 0 Å². The van der Waals surface area contributed by atoms with Crippen LogP contribution in [0.5, 0.6) is 0 Å². The molecule has 6 aromatic rings. The van der Waals surface area contributed by atoms with Crippen LogP contribution in [0.25, 0.3) is 32.3 Å². The van der Waals surface area contributed by atoms with E-state index < -0.39 is 0 Å². The number of thiophene rings is 1. The van der Waals surface area contributed by atoms with E-state index in [1.54, 1.807) is 18.0 Å². The van der Waals surface area contributed by atoms with Gasteiger partial charge in [0.1, 0.15) is 22.2 Å². The molecule has 4 aromatic heterocycles. The summed E-state index contributed by atoms with van der Waals surface area (Å²) in [5, 5.41) is 0. The molecule has 0 atom stereocenters. The maximum atomic E-state index is 15.7. The van der Waals surface area contributed by atoms with Gasteiger partial charge in [0.2, 0.25) is 0 Å². The number of anilines is 2. The minimum Gasteiger partial charge on any atom is -0.381 e. The largest absolute Gasteiger partial charge is 0.381 e. The molecule has 1 amide bonds. The lowest BCUT2D eigenvalue weighted by Gasteiger charge is -2.53. The Bertz CT molecular complexity index is 2270. The molecule has 2 fully saturated rings. The number of hydrogen-bond acceptors (Lipinski definition) is 8. The van der Waals surface area contributed by atoms with Crippen molar-refractivity contribution in [3.05, 3.63) is 113 Å². The van der Waals surface area contributed by atoms with E-state index in [9.17, 15) is 9.59 Å². The van der Waals surface area contributed by atoms with Crippen LogP contribution in [0.15, 0.2) is 79.0 Å². The summed E-state index contributed by atoms with van der Waals surface area (Å²) in [6.45, 7) is 9.69. The summed E-state index contributed by atoms with van der Waals surface area (Å²) in [5.74, 6) is 1.06. The van der Waals surface area contributed by atoms with Gasteiger partial charge in [0, 0.05) is 61.3 Å². The number of aromatic amines is 1. The molecule has 0 radical (unpaired) electrons. The Morgan fingerprint density at radius 3 is 2.44 bits per heavy atom. The third-order valence-corrected chi connectivity index (χ3v) is 11.5. The molecule has 2 aromatic carbocycles. The van der Waals surface area contributed by atoms with Crippen LogP contribution in [0.4, 0.5) is 15.9 Å². The van der Waals surface area contributed by atoms with Crippen molar-refractivity contribution in [3.63, 3.8) is 0 Å². The zero-order valence-corrected chi connectivity index (χ0v) is 30.2. The number of aryl methyl sites for hydroxylation is 2. The smallest absolute Gasteiger partial charge is 0.258 e. The predicted octanol–water partition coefficient (Wildman–Crippen LogP) is 8.21. The van der Waals surface area contributed by atoms with E-state index in [4.69, 9.17) is 4.74 Å². The standard InChI is InChI=1S/C26H19FN4OS.C15H20N2O2/c1-15-8-10-16(11-9-15)26(32)31-14-12-17-21(27)24(25-29-18-5-2-3-6-19(18)30-25)33-23(17)22-20(31)7-4-13-28-22;1-11-3-4-13(12(2)18)14(16-11)17-9-15(10-17)5-7-19-8-6-15/h2-11,13H,12,14H2,1H3,(H,29,30);3-4H,5-10H2,1-2H3. The molecule has 3 aliphatic rings. The number of para-hydroxylation sites is 2. The summed E-state index contributed by atoms with van der Waals surface area (Å²) in [6.07, 6.45) is 4.34. The number of nitrogens with one attached hydrogen (secondary N) is 1. The number of ether oxygens (including phenoxy) is 1. The first kappa shape index (κ1) is 33.9. The van der Waals surface area contributed by atoms with Crippen molar-refractivity contribution in [2.45, 2.75) is 40.0 Å². The summed E-state index contributed by atoms with van der Waals surface area (Å²) in [5.41, 5.74) is 7.35. The topological polar surface area (TPSA) is 104 Å². The van der Waals surface area contributed by atoms with Crippen molar-refractivity contribution in [2.24, 2.45) is 5.41 Å². The molecule has 9 rings (SSSR count). The maximum Gasteiger partial charge on any atom is 0.258 e. The van der Waals surface area contributed by atoms with Gasteiger partial charge in [0.05, 0.1) is 27.2 Å². The van der Waals surface area contributed by atoms with Crippen LogP contribution < -0.4 is 9.80 Å². The van der Waals surface area contributed by atoms with Gasteiger partial charge in [0.15, 0.2) is 11.6 Å². The molecule has 1 N–H and O–H groups in total. The van der Waals surface area contributed by atoms with Crippen molar-refractivity contribution in [2.75, 3.05) is 42.6 Å². The number of imidazole rings is 1. The second-order valence-electron chi connectivity index (χ2n) is 13.9. The second-order valence-corrected chi connectivity index (χ2v) is 15.0. The Labute approximate surface area is 305 Å². The molecule has 52 heavy (non-hydrogen) atoms. The summed E-state index contributed by atoms with van der Waals surface area (Å²) >= 11 is 1.33. The summed E-state index contributed by atoms with van der Waals surface area (Å²) in [7, 11) is 0. The van der Waals surface area contributed by atoms with Crippen LogP contribution in [0.2, 0.25) is 0 Å². The van der Waals surface area contributed by atoms with Crippen LogP contribution in [0.1, 0.15) is 57.3 Å². The van der Waals surface area contributed by atoms with Gasteiger partial charge in [-0.25, -0.2) is 14.4 Å². The van der Waals surface area contributed by atoms with Gasteiger partial charge in [0.25, 0.3) is 5.91 Å². The normalized spacial score (nSPS) is 16.0. The first-order chi connectivity index (χ1) is 25.2. The molecule has 264 valence electrons. The highest BCUT2D eigenvalue weighted by Crippen LogP contribution is 2.46. The number of carbonyl (C=O) groups excluding carboxylic acids is 2. The number of hydrogen-bond donors (Lipinski definition) is 1. The number of ketones is 1. The number of Topliss-reactive ketones (excluding diaryl/α,β-unsaturated/α-hetero) is 1. The fraction of sp³-hybridized carbons (Fsp3) is 0.293. The van der Waals surface area contributed by atoms with E-state index in [0.29, 0.717) is 51.6 Å². The molecule has 7 heterocycles. The van der Waals surface area contributed by atoms with Crippen LogP contribution >= 0.6 is 11.3 Å². The first-order valence-corrected chi connectivity index (χ1v) is 18.4. The fourth-order valence-electron chi connectivity index (χ4n) is 7.36. The minimum atomic E-state index is -0.296. The van der Waals surface area contributed by atoms with Crippen molar-refractivity contribution in [3.8, 4) is 21.3 Å². The first-order valence-electron chi connectivity index (χ1n) is 17.6. The number of amides is 1. The SMILES string of the molecule is CC(=O)c1ccc(C)nc1N1CC2(CCOCC2)C1.Cc1ccc(C(=O)N2CCc3c(sc(-c4nc5ccccc5[nH]4)c3F)-c3ncccc32)cc1. The van der Waals surface area contributed by atoms with Gasteiger partial charge in [-0.3, -0.25) is 14.6 Å². The van der Waals surface area contributed by atoms with Crippen LogP contribution in [-0.2, 0) is 11.2 Å². The average molecular weight is 715 g/mol. The third-order valence-electron chi connectivity index (χ3n) is 10.3. The predicted molar refractivity (Wildman–Crippen MR) is 203 cm³/mol. The van der Waals surface area contributed by atoms with Gasteiger partial charge >= 0.3 is 0 Å². The molecule has 0 unspecified atom stereocenters. The number of carbonyl (C=O) groups is 2. The number of halogens is 1. The minimum absolute atomic E-state index is 0.0930. The Morgan fingerprint density at radius 1 is 0.923 bits per heavy atom. The Kier molecular flexibility index (Phi) is 8.92. The Balaban J connectivity index is 0.000000173. The highest BCUT2D eigenvalue weighted by atomic mass is 32.1. The highest BCUT2D eigenvalue weighted by molar-refractivity contribution is 7.19. The van der Waals surface area contributed by atoms with Gasteiger partial charge < -0.3 is 19.5 Å². The quantitative estimate of drug-likeness (QED) is 0.184. The molecule has 9 nitrogen and oxygen atoms in total. The van der Waals surface area contributed by atoms with Crippen molar-refractivity contribution in [1.82, 2.24) is 19.9 Å². The van der Waals surface area contributed by atoms with E-state index in [-0.39, 0.29) is 17.5 Å². The van der Waals surface area contributed by atoms with E-state index in [2.05, 4.69) is 24.8 Å². The monoisotopic (exact) mass is 714 g/mol. The Morgan fingerprint density at radius 2 is 1.69 bits per heavy atom. The fourth-order valence-corrected chi connectivity index (χ4v) is 8.54. The zero-order chi connectivity index (χ0) is 36.0. The molecular formula is C41H39FN6O3S. The summed E-state index contributed by atoms with van der Waals surface area (Å²) < 4.78 is 21.2. The van der Waals surface area contributed by atoms with E-state index in [1.807, 2.05) is 86.6 Å². The van der Waals surface area contributed by atoms with E-state index in [1.165, 1.54) is 11.3 Å². The molecule has 0 aliphatic carbocycles. The highest BCUT2D eigenvalue weighted by Gasteiger charge is 2.45. The molecule has 11 heteroatoms. The molecule has 2 saturated heterocycles. The number of rotatable bonds is 4. The zero-order valence-electron chi connectivity index (χ0n) is 29.4. The average Bonchev–Trinajstić information content (AvgIpc) is 3.67. The second kappa shape index (κ2) is 13.7.